The normalized spacial score (nSPS) is 10.5. The maximum Gasteiger partial charge on any atom is 0.234 e. The molecule has 0 fully saturated rings. The van der Waals surface area contributed by atoms with Crippen LogP contribution < -0.4 is 15.4 Å². The van der Waals surface area contributed by atoms with Crippen molar-refractivity contribution in [3.8, 4) is 17.2 Å². The van der Waals surface area contributed by atoms with Crippen molar-refractivity contribution >= 4 is 35.0 Å². The lowest BCUT2D eigenvalue weighted by atomic mass is 10.2. The fourth-order valence-electron chi connectivity index (χ4n) is 3.25. The number of nitrogens with zero attached hydrogens (tertiary/aromatic N) is 3. The van der Waals surface area contributed by atoms with E-state index >= 15 is 0 Å². The van der Waals surface area contributed by atoms with Crippen LogP contribution >= 0.6 is 11.8 Å². The van der Waals surface area contributed by atoms with Gasteiger partial charge in [0, 0.05) is 12.6 Å². The summed E-state index contributed by atoms with van der Waals surface area (Å²) in [4.78, 5) is 24.1. The number of carbonyl (C=O) groups is 2. The molecule has 2 amide bonds. The first kappa shape index (κ1) is 23.1. The zero-order valence-corrected chi connectivity index (χ0v) is 19.5. The Labute approximate surface area is 201 Å². The number of aromatic nitrogens is 3. The number of hydrogen-bond donors (Lipinski definition) is 2. The third-order valence-electron chi connectivity index (χ3n) is 4.68. The molecule has 1 aromatic heterocycles. The SMILES string of the molecule is CC(=O)Nc1cccc(-n2c(C)nnc2SCC(=O)Nc2ccccc2Oc2ccccc2)c1. The molecule has 3 aromatic carbocycles. The number of aryl methyl sites for hydroxylation is 1. The molecule has 0 aliphatic rings. The van der Waals surface area contributed by atoms with E-state index in [1.54, 1.807) is 18.2 Å². The van der Waals surface area contributed by atoms with Gasteiger partial charge in [0.1, 0.15) is 11.6 Å². The van der Waals surface area contributed by atoms with Gasteiger partial charge in [0.25, 0.3) is 0 Å². The van der Waals surface area contributed by atoms with Gasteiger partial charge in [-0.15, -0.1) is 10.2 Å². The Hall–Kier alpha value is -4.11. The van der Waals surface area contributed by atoms with Gasteiger partial charge >= 0.3 is 0 Å². The van der Waals surface area contributed by atoms with Crippen LogP contribution in [0.5, 0.6) is 11.5 Å². The van der Waals surface area contributed by atoms with Gasteiger partial charge in [-0.1, -0.05) is 48.2 Å². The number of para-hydroxylation sites is 3. The molecule has 4 rings (SSSR count). The molecule has 0 saturated heterocycles. The van der Waals surface area contributed by atoms with Crippen molar-refractivity contribution in [1.82, 2.24) is 14.8 Å². The van der Waals surface area contributed by atoms with Gasteiger partial charge in [-0.2, -0.15) is 0 Å². The first-order chi connectivity index (χ1) is 16.5. The van der Waals surface area contributed by atoms with Gasteiger partial charge in [-0.25, -0.2) is 0 Å². The molecule has 34 heavy (non-hydrogen) atoms. The molecule has 0 bridgehead atoms. The van der Waals surface area contributed by atoms with Crippen molar-refractivity contribution in [2.45, 2.75) is 19.0 Å². The van der Waals surface area contributed by atoms with Crippen LogP contribution in [0.3, 0.4) is 0 Å². The summed E-state index contributed by atoms with van der Waals surface area (Å²) in [5.74, 6) is 1.69. The van der Waals surface area contributed by atoms with Gasteiger partial charge in [-0.05, 0) is 49.4 Å². The molecule has 172 valence electrons. The second-order valence-electron chi connectivity index (χ2n) is 7.34. The van der Waals surface area contributed by atoms with E-state index in [9.17, 15) is 9.59 Å². The summed E-state index contributed by atoms with van der Waals surface area (Å²) < 4.78 is 7.76. The lowest BCUT2D eigenvalue weighted by Crippen LogP contribution is -2.15. The maximum atomic E-state index is 12.7. The summed E-state index contributed by atoms with van der Waals surface area (Å²) in [6.07, 6.45) is 0. The second-order valence-corrected chi connectivity index (χ2v) is 8.29. The topological polar surface area (TPSA) is 98.1 Å². The molecule has 0 unspecified atom stereocenters. The van der Waals surface area contributed by atoms with Crippen LogP contribution in [-0.2, 0) is 9.59 Å². The third-order valence-corrected chi connectivity index (χ3v) is 5.61. The summed E-state index contributed by atoms with van der Waals surface area (Å²) in [5, 5.41) is 14.6. The van der Waals surface area contributed by atoms with Crippen LogP contribution in [0.4, 0.5) is 11.4 Å². The molecule has 0 radical (unpaired) electrons. The van der Waals surface area contributed by atoms with Crippen LogP contribution in [0.2, 0.25) is 0 Å². The summed E-state index contributed by atoms with van der Waals surface area (Å²) in [7, 11) is 0. The van der Waals surface area contributed by atoms with Crippen molar-refractivity contribution < 1.29 is 14.3 Å². The van der Waals surface area contributed by atoms with E-state index in [0.29, 0.717) is 33.9 Å². The highest BCUT2D eigenvalue weighted by atomic mass is 32.2. The monoisotopic (exact) mass is 473 g/mol. The number of hydrogen-bond acceptors (Lipinski definition) is 6. The van der Waals surface area contributed by atoms with Gasteiger partial charge in [-0.3, -0.25) is 14.2 Å². The summed E-state index contributed by atoms with van der Waals surface area (Å²) in [6.45, 7) is 3.29. The van der Waals surface area contributed by atoms with Gasteiger partial charge in [0.2, 0.25) is 11.8 Å². The molecular formula is C25H23N5O3S. The summed E-state index contributed by atoms with van der Waals surface area (Å²) in [5.41, 5.74) is 2.04. The van der Waals surface area contributed by atoms with E-state index < -0.39 is 0 Å². The second kappa shape index (κ2) is 10.7. The summed E-state index contributed by atoms with van der Waals surface area (Å²) in [6, 6.07) is 24.0. The van der Waals surface area contributed by atoms with Crippen LogP contribution in [0, 0.1) is 6.92 Å². The van der Waals surface area contributed by atoms with E-state index in [1.807, 2.05) is 72.2 Å². The highest BCUT2D eigenvalue weighted by Gasteiger charge is 2.15. The quantitative estimate of drug-likeness (QED) is 0.347. The van der Waals surface area contributed by atoms with Crippen molar-refractivity contribution in [3.05, 3.63) is 84.7 Å². The van der Waals surface area contributed by atoms with Crippen LogP contribution in [0.1, 0.15) is 12.7 Å². The fraction of sp³-hybridized carbons (Fsp3) is 0.120. The van der Waals surface area contributed by atoms with Gasteiger partial charge in [0.15, 0.2) is 10.9 Å². The molecule has 0 saturated carbocycles. The van der Waals surface area contributed by atoms with Crippen LogP contribution in [0.25, 0.3) is 5.69 Å². The number of carbonyl (C=O) groups excluding carboxylic acids is 2. The molecule has 0 aliphatic heterocycles. The number of nitrogens with one attached hydrogen (secondary N) is 2. The van der Waals surface area contributed by atoms with E-state index in [1.165, 1.54) is 18.7 Å². The highest BCUT2D eigenvalue weighted by Crippen LogP contribution is 2.30. The Morgan fingerprint density at radius 3 is 2.50 bits per heavy atom. The van der Waals surface area contributed by atoms with Gasteiger partial charge < -0.3 is 15.4 Å². The fourth-order valence-corrected chi connectivity index (χ4v) is 4.05. The Morgan fingerprint density at radius 1 is 0.941 bits per heavy atom. The number of amides is 2. The van der Waals surface area contributed by atoms with E-state index in [0.717, 1.165) is 5.69 Å². The minimum atomic E-state index is -0.201. The minimum absolute atomic E-state index is 0.128. The number of ether oxygens (including phenoxy) is 1. The van der Waals surface area contributed by atoms with Crippen LogP contribution in [0.15, 0.2) is 84.0 Å². The lowest BCUT2D eigenvalue weighted by Gasteiger charge is -2.13. The molecule has 2 N–H and O–H groups in total. The van der Waals surface area contributed by atoms with Crippen molar-refractivity contribution in [3.63, 3.8) is 0 Å². The number of anilines is 2. The zero-order chi connectivity index (χ0) is 23.9. The van der Waals surface area contributed by atoms with Crippen molar-refractivity contribution in [1.29, 1.82) is 0 Å². The van der Waals surface area contributed by atoms with E-state index in [4.69, 9.17) is 4.74 Å². The minimum Gasteiger partial charge on any atom is -0.455 e. The predicted molar refractivity (Wildman–Crippen MR) is 133 cm³/mol. The zero-order valence-electron chi connectivity index (χ0n) is 18.7. The first-order valence-corrected chi connectivity index (χ1v) is 11.5. The van der Waals surface area contributed by atoms with Crippen LogP contribution in [-0.4, -0.2) is 32.3 Å². The average Bonchev–Trinajstić information content (AvgIpc) is 3.20. The van der Waals surface area contributed by atoms with Gasteiger partial charge in [0.05, 0.1) is 17.1 Å². The number of thioether (sulfide) groups is 1. The van der Waals surface area contributed by atoms with Crippen molar-refractivity contribution in [2.75, 3.05) is 16.4 Å². The molecule has 9 heteroatoms. The lowest BCUT2D eigenvalue weighted by molar-refractivity contribution is -0.114. The Balaban J connectivity index is 1.45. The molecule has 8 nitrogen and oxygen atoms in total. The Bertz CT molecular complexity index is 1310. The maximum absolute atomic E-state index is 12.7. The molecule has 1 heterocycles. The molecular weight excluding hydrogens is 450 g/mol. The van der Waals surface area contributed by atoms with Crippen molar-refractivity contribution in [2.24, 2.45) is 0 Å². The highest BCUT2D eigenvalue weighted by molar-refractivity contribution is 7.99. The number of rotatable bonds is 8. The van der Waals surface area contributed by atoms with E-state index in [2.05, 4.69) is 20.8 Å². The molecule has 4 aromatic rings. The molecule has 0 aliphatic carbocycles. The largest absolute Gasteiger partial charge is 0.455 e. The first-order valence-electron chi connectivity index (χ1n) is 10.5. The predicted octanol–water partition coefficient (Wildman–Crippen LogP) is 5.06. The Kier molecular flexibility index (Phi) is 7.24. The summed E-state index contributed by atoms with van der Waals surface area (Å²) >= 11 is 1.27. The number of benzene rings is 3. The molecule has 0 atom stereocenters. The standard InChI is InChI=1S/C25H23N5O3S/c1-17-28-29-25(30(17)20-10-8-9-19(15-20)26-18(2)31)34-16-24(32)27-22-13-6-7-14-23(22)33-21-11-4-3-5-12-21/h3-15H,16H2,1-2H3,(H,26,31)(H,27,32). The van der Waals surface area contributed by atoms with E-state index in [-0.39, 0.29) is 17.6 Å². The molecule has 0 spiro atoms. The average molecular weight is 474 g/mol. The third kappa shape index (κ3) is 5.81. The smallest absolute Gasteiger partial charge is 0.234 e. The Morgan fingerprint density at radius 2 is 1.71 bits per heavy atom.